The number of nitrogens with zero attached hydrogens (tertiary/aromatic N) is 1. The number of benzene rings is 1. The van der Waals surface area contributed by atoms with Crippen LogP contribution in [0.4, 0.5) is 0 Å². The summed E-state index contributed by atoms with van der Waals surface area (Å²) in [6.07, 6.45) is 3.25. The normalized spacial score (nSPS) is 30.4. The molecule has 2 bridgehead atoms. The van der Waals surface area contributed by atoms with Gasteiger partial charge in [-0.3, -0.25) is 4.79 Å². The molecule has 4 heteroatoms. The average molecular weight is 287 g/mol. The lowest BCUT2D eigenvalue weighted by Crippen LogP contribution is -2.61. The SMILES string of the molecule is CC(=O)N(C)C1(C(=O)O)C2CCC1Cc1ccccc1C2. The second-order valence-corrected chi connectivity index (χ2v) is 6.36. The highest BCUT2D eigenvalue weighted by Gasteiger charge is 2.60. The highest BCUT2D eigenvalue weighted by molar-refractivity contribution is 5.87. The highest BCUT2D eigenvalue weighted by atomic mass is 16.4. The standard InChI is InChI=1S/C17H21NO3/c1-11(19)18(2)17(16(20)21)14-7-8-15(17)10-13-6-4-3-5-12(13)9-14/h3-6,14-15H,7-10H2,1-2H3,(H,20,21). The van der Waals surface area contributed by atoms with Crippen molar-refractivity contribution in [1.82, 2.24) is 4.90 Å². The first-order valence-corrected chi connectivity index (χ1v) is 7.52. The maximum Gasteiger partial charge on any atom is 0.330 e. The maximum absolute atomic E-state index is 12.2. The van der Waals surface area contributed by atoms with Crippen LogP contribution in [0, 0.1) is 11.8 Å². The zero-order valence-electron chi connectivity index (χ0n) is 12.5. The molecule has 1 fully saturated rings. The molecule has 1 N–H and O–H groups in total. The van der Waals surface area contributed by atoms with E-state index in [1.54, 1.807) is 7.05 Å². The fourth-order valence-corrected chi connectivity index (χ4v) is 4.48. The topological polar surface area (TPSA) is 57.6 Å². The number of hydrogen-bond acceptors (Lipinski definition) is 2. The van der Waals surface area contributed by atoms with Crippen LogP contribution in [0.5, 0.6) is 0 Å². The summed E-state index contributed by atoms with van der Waals surface area (Å²) in [6.45, 7) is 1.46. The lowest BCUT2D eigenvalue weighted by Gasteiger charge is -2.42. The summed E-state index contributed by atoms with van der Waals surface area (Å²) in [5.74, 6) is -1.02. The number of likely N-dealkylation sites (N-methyl/N-ethyl adjacent to an activating group) is 1. The molecule has 1 aromatic rings. The third kappa shape index (κ3) is 1.88. The quantitative estimate of drug-likeness (QED) is 0.906. The van der Waals surface area contributed by atoms with Gasteiger partial charge in [-0.2, -0.15) is 0 Å². The molecule has 1 saturated carbocycles. The number of fused-ring (bicyclic) bond motifs is 3. The van der Waals surface area contributed by atoms with Crippen LogP contribution in [-0.4, -0.2) is 34.5 Å². The monoisotopic (exact) mass is 287 g/mol. The Morgan fingerprint density at radius 3 is 2.00 bits per heavy atom. The van der Waals surface area contributed by atoms with Gasteiger partial charge in [-0.05, 0) is 48.6 Å². The van der Waals surface area contributed by atoms with Gasteiger partial charge in [-0.1, -0.05) is 24.3 Å². The number of aliphatic carboxylic acids is 1. The molecule has 112 valence electrons. The highest BCUT2D eigenvalue weighted by Crippen LogP contribution is 2.50. The van der Waals surface area contributed by atoms with Gasteiger partial charge in [0.1, 0.15) is 5.54 Å². The van der Waals surface area contributed by atoms with Gasteiger partial charge in [0, 0.05) is 14.0 Å². The Bertz CT molecular complexity index is 562. The van der Waals surface area contributed by atoms with Crippen molar-refractivity contribution >= 4 is 11.9 Å². The van der Waals surface area contributed by atoms with Gasteiger partial charge < -0.3 is 10.0 Å². The Hall–Kier alpha value is -1.84. The molecule has 0 saturated heterocycles. The van der Waals surface area contributed by atoms with E-state index in [2.05, 4.69) is 12.1 Å². The van der Waals surface area contributed by atoms with E-state index in [1.165, 1.54) is 23.0 Å². The third-order valence-corrected chi connectivity index (χ3v) is 5.53. The summed E-state index contributed by atoms with van der Waals surface area (Å²) < 4.78 is 0. The van der Waals surface area contributed by atoms with Gasteiger partial charge in [-0.15, -0.1) is 0 Å². The van der Waals surface area contributed by atoms with Crippen LogP contribution in [0.25, 0.3) is 0 Å². The van der Waals surface area contributed by atoms with E-state index in [9.17, 15) is 14.7 Å². The molecule has 4 nitrogen and oxygen atoms in total. The lowest BCUT2D eigenvalue weighted by molar-refractivity contribution is -0.163. The van der Waals surface area contributed by atoms with E-state index in [0.717, 1.165) is 25.7 Å². The summed E-state index contributed by atoms with van der Waals surface area (Å²) in [4.78, 5) is 25.6. The van der Waals surface area contributed by atoms with Crippen molar-refractivity contribution in [3.05, 3.63) is 35.4 Å². The molecule has 2 atom stereocenters. The van der Waals surface area contributed by atoms with E-state index in [-0.39, 0.29) is 17.7 Å². The largest absolute Gasteiger partial charge is 0.479 e. The molecule has 0 radical (unpaired) electrons. The summed E-state index contributed by atoms with van der Waals surface area (Å²) in [6, 6.07) is 8.21. The Morgan fingerprint density at radius 1 is 1.14 bits per heavy atom. The van der Waals surface area contributed by atoms with Crippen molar-refractivity contribution in [2.75, 3.05) is 7.05 Å². The number of carbonyl (C=O) groups excluding carboxylic acids is 1. The molecule has 2 aliphatic carbocycles. The number of amides is 1. The van der Waals surface area contributed by atoms with Crippen LogP contribution in [0.15, 0.2) is 24.3 Å². The second-order valence-electron chi connectivity index (χ2n) is 6.36. The number of rotatable bonds is 2. The predicted octanol–water partition coefficient (Wildman–Crippen LogP) is 2.11. The molecule has 1 amide bonds. The van der Waals surface area contributed by atoms with E-state index in [0.29, 0.717) is 0 Å². The van der Waals surface area contributed by atoms with Crippen molar-refractivity contribution < 1.29 is 14.7 Å². The molecule has 3 rings (SSSR count). The minimum Gasteiger partial charge on any atom is -0.479 e. The fourth-order valence-electron chi connectivity index (χ4n) is 4.48. The molecule has 0 heterocycles. The first-order valence-electron chi connectivity index (χ1n) is 7.52. The van der Waals surface area contributed by atoms with Crippen LogP contribution >= 0.6 is 0 Å². The maximum atomic E-state index is 12.2. The van der Waals surface area contributed by atoms with Crippen LogP contribution in [-0.2, 0) is 22.4 Å². The molecule has 2 unspecified atom stereocenters. The summed E-state index contributed by atoms with van der Waals surface area (Å²) in [7, 11) is 1.65. The van der Waals surface area contributed by atoms with Crippen molar-refractivity contribution in [3.63, 3.8) is 0 Å². The average Bonchev–Trinajstić information content (AvgIpc) is 2.70. The van der Waals surface area contributed by atoms with Crippen LogP contribution in [0.1, 0.15) is 30.9 Å². The van der Waals surface area contributed by atoms with Crippen LogP contribution < -0.4 is 0 Å². The summed E-state index contributed by atoms with van der Waals surface area (Å²) in [5, 5.41) is 10.00. The molecule has 0 aromatic heterocycles. The lowest BCUT2D eigenvalue weighted by atomic mass is 9.77. The minimum atomic E-state index is -1.05. The molecule has 1 aromatic carbocycles. The fraction of sp³-hybridized carbons (Fsp3) is 0.529. The molecule has 2 aliphatic rings. The Balaban J connectivity index is 2.12. The predicted molar refractivity (Wildman–Crippen MR) is 78.9 cm³/mol. The minimum absolute atomic E-state index is 0.00227. The number of carbonyl (C=O) groups is 2. The van der Waals surface area contributed by atoms with Crippen LogP contribution in [0.3, 0.4) is 0 Å². The number of carboxylic acids is 1. The molecule has 0 aliphatic heterocycles. The molecular weight excluding hydrogens is 266 g/mol. The Labute approximate surface area is 124 Å². The van der Waals surface area contributed by atoms with Gasteiger partial charge in [-0.25, -0.2) is 4.79 Å². The molecule has 0 spiro atoms. The van der Waals surface area contributed by atoms with Gasteiger partial charge in [0.25, 0.3) is 0 Å². The first kappa shape index (κ1) is 14.1. The van der Waals surface area contributed by atoms with Crippen molar-refractivity contribution in [3.8, 4) is 0 Å². The van der Waals surface area contributed by atoms with E-state index >= 15 is 0 Å². The summed E-state index contributed by atoms with van der Waals surface area (Å²) >= 11 is 0. The third-order valence-electron chi connectivity index (χ3n) is 5.53. The Morgan fingerprint density at radius 2 is 1.62 bits per heavy atom. The summed E-state index contributed by atoms with van der Waals surface area (Å²) in [5.41, 5.74) is 1.43. The molecule has 21 heavy (non-hydrogen) atoms. The van der Waals surface area contributed by atoms with Crippen LogP contribution in [0.2, 0.25) is 0 Å². The van der Waals surface area contributed by atoms with Crippen molar-refractivity contribution in [2.24, 2.45) is 11.8 Å². The first-order chi connectivity index (χ1) is 9.97. The van der Waals surface area contributed by atoms with E-state index < -0.39 is 11.5 Å². The number of hydrogen-bond donors (Lipinski definition) is 1. The van der Waals surface area contributed by atoms with E-state index in [1.807, 2.05) is 12.1 Å². The van der Waals surface area contributed by atoms with E-state index in [4.69, 9.17) is 0 Å². The van der Waals surface area contributed by atoms with Gasteiger partial charge in [0.2, 0.25) is 5.91 Å². The van der Waals surface area contributed by atoms with Crippen molar-refractivity contribution in [2.45, 2.75) is 38.1 Å². The van der Waals surface area contributed by atoms with Gasteiger partial charge >= 0.3 is 5.97 Å². The van der Waals surface area contributed by atoms with Gasteiger partial charge in [0.15, 0.2) is 0 Å². The second kappa shape index (κ2) is 4.86. The molecular formula is C17H21NO3. The zero-order valence-corrected chi connectivity index (χ0v) is 12.5. The van der Waals surface area contributed by atoms with Gasteiger partial charge in [0.05, 0.1) is 0 Å². The smallest absolute Gasteiger partial charge is 0.330 e. The van der Waals surface area contributed by atoms with Crippen molar-refractivity contribution in [1.29, 1.82) is 0 Å². The Kier molecular flexibility index (Phi) is 3.27. The zero-order chi connectivity index (χ0) is 15.2. The number of carboxylic acid groups (broad SMARTS) is 1.